The number of aromatic nitrogens is 5. The van der Waals surface area contributed by atoms with Crippen molar-refractivity contribution in [3.63, 3.8) is 0 Å². The molecular weight excluding hydrogens is 262 g/mol. The van der Waals surface area contributed by atoms with E-state index in [0.29, 0.717) is 11.7 Å². The molecule has 0 aromatic carbocycles. The monoisotopic (exact) mass is 277 g/mol. The molecule has 1 unspecified atom stereocenters. The number of amides is 1. The summed E-state index contributed by atoms with van der Waals surface area (Å²) in [4.78, 5) is 16.0. The van der Waals surface area contributed by atoms with Gasteiger partial charge in [0, 0.05) is 7.05 Å². The molecular formula is C11H15N7O2. The third-order valence-electron chi connectivity index (χ3n) is 3.22. The predicted molar refractivity (Wildman–Crippen MR) is 66.4 cm³/mol. The first kappa shape index (κ1) is 12.7. The van der Waals surface area contributed by atoms with Crippen molar-refractivity contribution >= 4 is 5.91 Å². The van der Waals surface area contributed by atoms with E-state index < -0.39 is 0 Å². The average Bonchev–Trinajstić information content (AvgIpc) is 3.17. The molecule has 3 rings (SSSR count). The fraction of sp³-hybridized carbons (Fsp3) is 0.545. The molecule has 1 amide bonds. The first-order chi connectivity index (χ1) is 9.74. The van der Waals surface area contributed by atoms with Gasteiger partial charge in [-0.05, 0) is 19.4 Å². The van der Waals surface area contributed by atoms with E-state index in [-0.39, 0.29) is 24.3 Å². The smallest absolute Gasteiger partial charge is 0.293 e. The molecule has 0 spiro atoms. The zero-order chi connectivity index (χ0) is 13.9. The lowest BCUT2D eigenvalue weighted by Gasteiger charge is -2.02. The van der Waals surface area contributed by atoms with Crippen LogP contribution in [0.15, 0.2) is 10.9 Å². The fourth-order valence-electron chi connectivity index (χ4n) is 2.07. The SMILES string of the molecule is Cn1cnnc1CNC(=O)c1noc(C2CCCN2)n1. The maximum absolute atomic E-state index is 11.9. The summed E-state index contributed by atoms with van der Waals surface area (Å²) >= 11 is 0. The van der Waals surface area contributed by atoms with Gasteiger partial charge in [-0.15, -0.1) is 10.2 Å². The summed E-state index contributed by atoms with van der Waals surface area (Å²) in [5.74, 6) is 0.766. The van der Waals surface area contributed by atoms with E-state index in [2.05, 4.69) is 31.0 Å². The van der Waals surface area contributed by atoms with Gasteiger partial charge in [0.15, 0.2) is 5.82 Å². The molecule has 1 aliphatic rings. The van der Waals surface area contributed by atoms with Gasteiger partial charge in [0.05, 0.1) is 12.6 Å². The number of hydrogen-bond donors (Lipinski definition) is 2. The van der Waals surface area contributed by atoms with Crippen LogP contribution in [0.4, 0.5) is 0 Å². The number of carbonyl (C=O) groups excluding carboxylic acids is 1. The lowest BCUT2D eigenvalue weighted by Crippen LogP contribution is -2.25. The third kappa shape index (κ3) is 2.52. The highest BCUT2D eigenvalue weighted by Gasteiger charge is 2.24. The maximum atomic E-state index is 11.9. The van der Waals surface area contributed by atoms with E-state index >= 15 is 0 Å². The van der Waals surface area contributed by atoms with Crippen LogP contribution in [0.2, 0.25) is 0 Å². The summed E-state index contributed by atoms with van der Waals surface area (Å²) in [7, 11) is 1.81. The summed E-state index contributed by atoms with van der Waals surface area (Å²) in [6.07, 6.45) is 3.59. The molecule has 2 aromatic rings. The van der Waals surface area contributed by atoms with Gasteiger partial charge in [-0.1, -0.05) is 5.16 Å². The summed E-state index contributed by atoms with van der Waals surface area (Å²) in [6, 6.07) is 0.0581. The van der Waals surface area contributed by atoms with Crippen LogP contribution in [-0.4, -0.2) is 37.4 Å². The summed E-state index contributed by atoms with van der Waals surface area (Å²) in [6.45, 7) is 1.20. The first-order valence-electron chi connectivity index (χ1n) is 6.42. The molecule has 1 fully saturated rings. The lowest BCUT2D eigenvalue weighted by atomic mass is 10.2. The second-order valence-corrected chi connectivity index (χ2v) is 4.65. The summed E-state index contributed by atoms with van der Waals surface area (Å²) < 4.78 is 6.84. The van der Waals surface area contributed by atoms with Crippen molar-refractivity contribution in [1.29, 1.82) is 0 Å². The molecule has 2 N–H and O–H groups in total. The molecule has 2 aromatic heterocycles. The van der Waals surface area contributed by atoms with E-state index in [1.165, 1.54) is 0 Å². The normalized spacial score (nSPS) is 18.4. The number of aryl methyl sites for hydroxylation is 1. The lowest BCUT2D eigenvalue weighted by molar-refractivity contribution is 0.0936. The average molecular weight is 277 g/mol. The number of nitrogens with zero attached hydrogens (tertiary/aromatic N) is 5. The molecule has 3 heterocycles. The van der Waals surface area contributed by atoms with Gasteiger partial charge in [-0.25, -0.2) is 0 Å². The molecule has 0 bridgehead atoms. The Balaban J connectivity index is 1.61. The summed E-state index contributed by atoms with van der Waals surface area (Å²) in [5, 5.41) is 17.2. The van der Waals surface area contributed by atoms with E-state index in [9.17, 15) is 4.79 Å². The summed E-state index contributed by atoms with van der Waals surface area (Å²) in [5.41, 5.74) is 0. The third-order valence-corrected chi connectivity index (χ3v) is 3.22. The Morgan fingerprint density at radius 1 is 1.65 bits per heavy atom. The zero-order valence-electron chi connectivity index (χ0n) is 11.0. The molecule has 1 aliphatic heterocycles. The topological polar surface area (TPSA) is 111 Å². The van der Waals surface area contributed by atoms with Crippen molar-refractivity contribution in [2.45, 2.75) is 25.4 Å². The molecule has 1 saturated heterocycles. The molecule has 20 heavy (non-hydrogen) atoms. The minimum absolute atomic E-state index is 0.0378. The first-order valence-corrected chi connectivity index (χ1v) is 6.42. The fourth-order valence-corrected chi connectivity index (χ4v) is 2.07. The van der Waals surface area contributed by atoms with E-state index in [1.807, 2.05) is 0 Å². The van der Waals surface area contributed by atoms with Gasteiger partial charge in [-0.2, -0.15) is 4.98 Å². The quantitative estimate of drug-likeness (QED) is 0.778. The van der Waals surface area contributed by atoms with Gasteiger partial charge in [-0.3, -0.25) is 4.79 Å². The van der Waals surface area contributed by atoms with Crippen LogP contribution < -0.4 is 10.6 Å². The van der Waals surface area contributed by atoms with Gasteiger partial charge in [0.2, 0.25) is 5.89 Å². The van der Waals surface area contributed by atoms with Crippen LogP contribution in [0.25, 0.3) is 0 Å². The molecule has 0 radical (unpaired) electrons. The second kappa shape index (κ2) is 5.37. The Morgan fingerprint density at radius 3 is 3.25 bits per heavy atom. The molecule has 0 aliphatic carbocycles. The van der Waals surface area contributed by atoms with Crippen LogP contribution in [-0.2, 0) is 13.6 Å². The van der Waals surface area contributed by atoms with Crippen LogP contribution in [0.1, 0.15) is 41.2 Å². The predicted octanol–water partition coefficient (Wildman–Crippen LogP) is -0.447. The number of nitrogens with one attached hydrogen (secondary N) is 2. The van der Waals surface area contributed by atoms with Crippen molar-refractivity contribution in [2.24, 2.45) is 7.05 Å². The Morgan fingerprint density at radius 2 is 2.55 bits per heavy atom. The Bertz CT molecular complexity index is 599. The van der Waals surface area contributed by atoms with Crippen LogP contribution in [0.3, 0.4) is 0 Å². The van der Waals surface area contributed by atoms with Gasteiger partial charge >= 0.3 is 0 Å². The largest absolute Gasteiger partial charge is 0.342 e. The molecule has 106 valence electrons. The highest BCUT2D eigenvalue weighted by atomic mass is 16.5. The van der Waals surface area contributed by atoms with Crippen molar-refractivity contribution in [3.8, 4) is 0 Å². The Labute approximate surface area is 114 Å². The Kier molecular flexibility index (Phi) is 3.42. The standard InChI is InChI=1S/C11H15N7O2/c1-18-6-14-16-8(18)5-13-10(19)9-15-11(20-17-9)7-3-2-4-12-7/h6-7,12H,2-5H2,1H3,(H,13,19). The van der Waals surface area contributed by atoms with Gasteiger partial charge in [0.25, 0.3) is 11.7 Å². The molecule has 1 atom stereocenters. The van der Waals surface area contributed by atoms with Gasteiger partial charge in [0.1, 0.15) is 6.33 Å². The van der Waals surface area contributed by atoms with Crippen LogP contribution >= 0.6 is 0 Å². The van der Waals surface area contributed by atoms with Crippen molar-refractivity contribution in [1.82, 2.24) is 35.5 Å². The second-order valence-electron chi connectivity index (χ2n) is 4.65. The Hall–Kier alpha value is -2.29. The highest BCUT2D eigenvalue weighted by Crippen LogP contribution is 2.20. The zero-order valence-corrected chi connectivity index (χ0v) is 11.0. The van der Waals surface area contributed by atoms with Crippen LogP contribution in [0, 0.1) is 0 Å². The molecule has 9 heteroatoms. The number of rotatable bonds is 4. The number of carbonyl (C=O) groups is 1. The minimum Gasteiger partial charge on any atom is -0.342 e. The highest BCUT2D eigenvalue weighted by molar-refractivity contribution is 5.90. The van der Waals surface area contributed by atoms with Crippen molar-refractivity contribution in [2.75, 3.05) is 6.54 Å². The number of hydrogen-bond acceptors (Lipinski definition) is 7. The molecule has 0 saturated carbocycles. The van der Waals surface area contributed by atoms with E-state index in [0.717, 1.165) is 19.4 Å². The van der Waals surface area contributed by atoms with E-state index in [4.69, 9.17) is 4.52 Å². The van der Waals surface area contributed by atoms with Gasteiger partial charge < -0.3 is 19.7 Å². The maximum Gasteiger partial charge on any atom is 0.293 e. The van der Waals surface area contributed by atoms with Crippen molar-refractivity contribution < 1.29 is 9.32 Å². The van der Waals surface area contributed by atoms with Crippen LogP contribution in [0.5, 0.6) is 0 Å². The molecule has 9 nitrogen and oxygen atoms in total. The van der Waals surface area contributed by atoms with E-state index in [1.54, 1.807) is 17.9 Å². The minimum atomic E-state index is -0.388. The van der Waals surface area contributed by atoms with Crippen molar-refractivity contribution in [3.05, 3.63) is 23.9 Å².